The highest BCUT2D eigenvalue weighted by atomic mass is 15.4. The maximum Gasteiger partial charge on any atom is 0.224 e. The quantitative estimate of drug-likeness (QED) is 0.541. The minimum absolute atomic E-state index is 0.599. The van der Waals surface area contributed by atoms with E-state index < -0.39 is 5.79 Å². The van der Waals surface area contributed by atoms with Gasteiger partial charge in [0.1, 0.15) is 0 Å². The number of aliphatic imine (C=N–C) groups is 2. The van der Waals surface area contributed by atoms with E-state index in [0.717, 1.165) is 51.4 Å². The van der Waals surface area contributed by atoms with Crippen LogP contribution in [0.25, 0.3) is 0 Å². The van der Waals surface area contributed by atoms with Gasteiger partial charge >= 0.3 is 0 Å². The number of nitrogens with one attached hydrogen (secondary N) is 3. The zero-order valence-electron chi connectivity index (χ0n) is 18.7. The molecule has 0 bridgehead atoms. The molecule has 1 atom stereocenters. The zero-order chi connectivity index (χ0) is 21.5. The highest BCUT2D eigenvalue weighted by molar-refractivity contribution is 6.03. The molecule has 1 aromatic rings. The molecule has 170 valence electrons. The van der Waals surface area contributed by atoms with E-state index in [2.05, 4.69) is 42.8 Å². The summed E-state index contributed by atoms with van der Waals surface area (Å²) < 4.78 is 0. The van der Waals surface area contributed by atoms with Crippen molar-refractivity contribution in [3.05, 3.63) is 24.5 Å². The number of piperazine rings is 1. The van der Waals surface area contributed by atoms with Crippen LogP contribution in [0.2, 0.25) is 0 Å². The lowest BCUT2D eigenvalue weighted by Gasteiger charge is -2.36. The lowest BCUT2D eigenvalue weighted by atomic mass is 9.85. The van der Waals surface area contributed by atoms with Crippen molar-refractivity contribution in [2.75, 3.05) is 51.6 Å². The van der Waals surface area contributed by atoms with Crippen molar-refractivity contribution in [2.45, 2.75) is 44.3 Å². The molecular formula is C22H37N9. The van der Waals surface area contributed by atoms with Gasteiger partial charge < -0.3 is 20.9 Å². The van der Waals surface area contributed by atoms with Crippen molar-refractivity contribution in [2.24, 2.45) is 21.6 Å². The summed E-state index contributed by atoms with van der Waals surface area (Å²) in [6, 6.07) is 3.82. The molecular weight excluding hydrogens is 390 g/mol. The number of hydrogen-bond donors (Lipinski definition) is 4. The van der Waals surface area contributed by atoms with Gasteiger partial charge in [0.05, 0.1) is 0 Å². The summed E-state index contributed by atoms with van der Waals surface area (Å²) >= 11 is 0. The van der Waals surface area contributed by atoms with Crippen LogP contribution in [0, 0.1) is 5.92 Å². The van der Waals surface area contributed by atoms with E-state index in [9.17, 15) is 0 Å². The van der Waals surface area contributed by atoms with Crippen LogP contribution in [-0.2, 0) is 0 Å². The third-order valence-electron chi connectivity index (χ3n) is 6.43. The van der Waals surface area contributed by atoms with E-state index in [0.29, 0.717) is 17.8 Å². The van der Waals surface area contributed by atoms with Gasteiger partial charge in [0.2, 0.25) is 11.9 Å². The number of aromatic nitrogens is 1. The number of rotatable bonds is 6. The van der Waals surface area contributed by atoms with Gasteiger partial charge in [0.25, 0.3) is 0 Å². The molecule has 1 unspecified atom stereocenters. The molecule has 9 heteroatoms. The Bertz CT molecular complexity index is 752. The van der Waals surface area contributed by atoms with Gasteiger partial charge in [-0.25, -0.2) is 4.99 Å². The highest BCUT2D eigenvalue weighted by Crippen LogP contribution is 2.30. The summed E-state index contributed by atoms with van der Waals surface area (Å²) in [4.78, 5) is 18.4. The van der Waals surface area contributed by atoms with Crippen LogP contribution in [0.15, 0.2) is 34.5 Å². The molecule has 2 aliphatic heterocycles. The molecule has 31 heavy (non-hydrogen) atoms. The first-order valence-electron chi connectivity index (χ1n) is 11.7. The summed E-state index contributed by atoms with van der Waals surface area (Å²) in [5.41, 5.74) is 7.68. The summed E-state index contributed by atoms with van der Waals surface area (Å²) in [7, 11) is 2.18. The predicted octanol–water partition coefficient (Wildman–Crippen LogP) is 1.23. The smallest absolute Gasteiger partial charge is 0.224 e. The van der Waals surface area contributed by atoms with Crippen molar-refractivity contribution >= 4 is 17.6 Å². The zero-order valence-corrected chi connectivity index (χ0v) is 18.7. The van der Waals surface area contributed by atoms with Gasteiger partial charge in [-0.05, 0) is 25.1 Å². The fourth-order valence-electron chi connectivity index (χ4n) is 4.62. The number of nitrogens with two attached hydrogens (primary N) is 1. The first-order valence-corrected chi connectivity index (χ1v) is 11.7. The van der Waals surface area contributed by atoms with Crippen LogP contribution in [-0.4, -0.2) is 78.8 Å². The van der Waals surface area contributed by atoms with E-state index in [4.69, 9.17) is 10.7 Å². The number of guanidine groups is 2. The van der Waals surface area contributed by atoms with Gasteiger partial charge in [-0.2, -0.15) is 4.99 Å². The summed E-state index contributed by atoms with van der Waals surface area (Å²) in [5, 5.41) is 10.1. The van der Waals surface area contributed by atoms with Gasteiger partial charge in [0.15, 0.2) is 5.79 Å². The first kappa shape index (κ1) is 22.0. The Morgan fingerprint density at radius 1 is 1.13 bits per heavy atom. The van der Waals surface area contributed by atoms with E-state index in [1.807, 2.05) is 12.1 Å². The molecule has 0 amide bonds. The molecule has 1 saturated heterocycles. The maximum absolute atomic E-state index is 6.77. The van der Waals surface area contributed by atoms with Crippen LogP contribution in [0.3, 0.4) is 0 Å². The molecule has 2 fully saturated rings. The second-order valence-electron chi connectivity index (χ2n) is 9.09. The Morgan fingerprint density at radius 3 is 2.61 bits per heavy atom. The normalized spacial score (nSPS) is 26.0. The largest absolute Gasteiger partial charge is 0.353 e. The molecule has 0 spiro atoms. The Labute approximate surface area is 185 Å². The van der Waals surface area contributed by atoms with Gasteiger partial charge in [0, 0.05) is 63.8 Å². The van der Waals surface area contributed by atoms with Crippen molar-refractivity contribution in [3.8, 4) is 0 Å². The number of likely N-dealkylation sites (N-methyl/N-ethyl adjacent to an activating group) is 1. The summed E-state index contributed by atoms with van der Waals surface area (Å²) in [6.07, 6.45) is 10.7. The first-order chi connectivity index (χ1) is 15.1. The fourth-order valence-corrected chi connectivity index (χ4v) is 4.62. The molecule has 0 aromatic carbocycles. The highest BCUT2D eigenvalue weighted by Gasteiger charge is 2.33. The summed E-state index contributed by atoms with van der Waals surface area (Å²) in [5.74, 6) is 0.973. The standard InChI is InChI=1S/C22H37N9/c1-30-13-15-31(16-14-30)12-11-25-20-27-21(26-19-7-9-24-10-8-19)29-22(23,28-20)17-18-5-3-2-4-6-18/h7-10,18H,2-6,11-17,23H2,1H3,(H3,24,25,26,27,28,29). The molecule has 5 N–H and O–H groups in total. The van der Waals surface area contributed by atoms with Crippen LogP contribution in [0.1, 0.15) is 38.5 Å². The predicted molar refractivity (Wildman–Crippen MR) is 126 cm³/mol. The monoisotopic (exact) mass is 427 g/mol. The fraction of sp³-hybridized carbons (Fsp3) is 0.682. The van der Waals surface area contributed by atoms with Gasteiger partial charge in [-0.15, -0.1) is 0 Å². The summed E-state index contributed by atoms with van der Waals surface area (Å²) in [6.45, 7) is 6.23. The second-order valence-corrected chi connectivity index (χ2v) is 9.09. The van der Waals surface area contributed by atoms with Crippen molar-refractivity contribution < 1.29 is 0 Å². The SMILES string of the molecule is CN1CCN(CCNC2=NC(N)(CC3CCCCC3)NC(Nc3ccncc3)=N2)CC1. The number of anilines is 1. The van der Waals surface area contributed by atoms with E-state index in [-0.39, 0.29) is 0 Å². The topological polar surface area (TPSA) is 106 Å². The minimum Gasteiger partial charge on any atom is -0.353 e. The Balaban J connectivity index is 1.40. The average Bonchev–Trinajstić information content (AvgIpc) is 2.76. The van der Waals surface area contributed by atoms with Crippen LogP contribution < -0.4 is 21.7 Å². The van der Waals surface area contributed by atoms with Crippen LogP contribution in [0.5, 0.6) is 0 Å². The third-order valence-corrected chi connectivity index (χ3v) is 6.43. The van der Waals surface area contributed by atoms with Crippen molar-refractivity contribution in [1.82, 2.24) is 25.4 Å². The Kier molecular flexibility index (Phi) is 7.37. The van der Waals surface area contributed by atoms with E-state index in [1.165, 1.54) is 32.1 Å². The van der Waals surface area contributed by atoms with Crippen molar-refractivity contribution in [3.63, 3.8) is 0 Å². The molecule has 1 aromatic heterocycles. The van der Waals surface area contributed by atoms with Crippen LogP contribution in [0.4, 0.5) is 5.69 Å². The molecule has 4 rings (SSSR count). The molecule has 0 radical (unpaired) electrons. The maximum atomic E-state index is 6.77. The molecule has 1 saturated carbocycles. The molecule has 3 aliphatic rings. The third kappa shape index (κ3) is 6.62. The van der Waals surface area contributed by atoms with Gasteiger partial charge in [-0.1, -0.05) is 32.1 Å². The molecule has 3 heterocycles. The number of hydrogen-bond acceptors (Lipinski definition) is 9. The molecule has 9 nitrogen and oxygen atoms in total. The lowest BCUT2D eigenvalue weighted by Crippen LogP contribution is -2.60. The number of nitrogens with zero attached hydrogens (tertiary/aromatic N) is 5. The van der Waals surface area contributed by atoms with Crippen molar-refractivity contribution in [1.29, 1.82) is 0 Å². The Morgan fingerprint density at radius 2 is 1.87 bits per heavy atom. The van der Waals surface area contributed by atoms with E-state index in [1.54, 1.807) is 12.4 Å². The van der Waals surface area contributed by atoms with Gasteiger partial charge in [-0.3, -0.25) is 15.6 Å². The Hall–Kier alpha value is -2.23. The van der Waals surface area contributed by atoms with Crippen LogP contribution >= 0.6 is 0 Å². The lowest BCUT2D eigenvalue weighted by molar-refractivity contribution is 0.156. The second kappa shape index (κ2) is 10.4. The number of pyridine rings is 1. The minimum atomic E-state index is -0.852. The van der Waals surface area contributed by atoms with E-state index >= 15 is 0 Å². The molecule has 1 aliphatic carbocycles. The average molecular weight is 428 g/mol.